The van der Waals surface area contributed by atoms with Gasteiger partial charge in [0.15, 0.2) is 0 Å². The zero-order valence-electron chi connectivity index (χ0n) is 10.3. The van der Waals surface area contributed by atoms with Crippen molar-refractivity contribution in [2.24, 2.45) is 5.73 Å². The van der Waals surface area contributed by atoms with Gasteiger partial charge in [0, 0.05) is 0 Å². The van der Waals surface area contributed by atoms with Gasteiger partial charge in [0.25, 0.3) is 0 Å². The van der Waals surface area contributed by atoms with Gasteiger partial charge in [0.1, 0.15) is 5.76 Å². The van der Waals surface area contributed by atoms with Gasteiger partial charge in [-0.05, 0) is 41.0 Å². The maximum atomic E-state index is 6.28. The fourth-order valence-corrected chi connectivity index (χ4v) is 2.37. The summed E-state index contributed by atoms with van der Waals surface area (Å²) >= 11 is 0. The molecule has 1 aromatic heterocycles. The van der Waals surface area contributed by atoms with Crippen LogP contribution >= 0.6 is 0 Å². The van der Waals surface area contributed by atoms with Crippen LogP contribution in [0.4, 0.5) is 0 Å². The van der Waals surface area contributed by atoms with E-state index in [0.717, 1.165) is 11.3 Å². The minimum absolute atomic E-state index is 0.217. The largest absolute Gasteiger partial charge is 0.467 e. The smallest absolute Gasteiger partial charge is 0.125 e. The molecule has 0 aliphatic heterocycles. The maximum Gasteiger partial charge on any atom is 0.125 e. The van der Waals surface area contributed by atoms with Crippen molar-refractivity contribution in [3.63, 3.8) is 0 Å². The van der Waals surface area contributed by atoms with Crippen LogP contribution in [0.5, 0.6) is 0 Å². The Hall–Kier alpha value is -2.06. The first-order valence-electron chi connectivity index (χ1n) is 6.04. The molecule has 2 nitrogen and oxygen atoms in total. The molecule has 0 amide bonds. The molecular formula is C16H15NO. The highest BCUT2D eigenvalue weighted by molar-refractivity contribution is 5.89. The zero-order valence-corrected chi connectivity index (χ0v) is 10.3. The summed E-state index contributed by atoms with van der Waals surface area (Å²) < 4.78 is 5.40. The molecule has 0 spiro atoms. The molecule has 18 heavy (non-hydrogen) atoms. The van der Waals surface area contributed by atoms with Crippen molar-refractivity contribution in [3.8, 4) is 0 Å². The lowest BCUT2D eigenvalue weighted by Gasteiger charge is -2.14. The highest BCUT2D eigenvalue weighted by Crippen LogP contribution is 2.29. The summed E-state index contributed by atoms with van der Waals surface area (Å²) in [6.45, 7) is 2.12. The number of aryl methyl sites for hydroxylation is 1. The van der Waals surface area contributed by atoms with E-state index in [1.54, 1.807) is 6.26 Å². The summed E-state index contributed by atoms with van der Waals surface area (Å²) in [4.78, 5) is 0. The fourth-order valence-electron chi connectivity index (χ4n) is 2.37. The molecule has 0 fully saturated rings. The highest BCUT2D eigenvalue weighted by atomic mass is 16.3. The standard InChI is InChI=1S/C16H15NO/c1-11-8-9-14(13-6-3-2-5-12(11)13)16(17)15-7-4-10-18-15/h2-10,16H,17H2,1H3. The first-order chi connectivity index (χ1) is 8.77. The van der Waals surface area contributed by atoms with E-state index in [9.17, 15) is 0 Å². The summed E-state index contributed by atoms with van der Waals surface area (Å²) in [5, 5.41) is 2.44. The summed E-state index contributed by atoms with van der Waals surface area (Å²) in [6, 6.07) is 16.1. The lowest BCUT2D eigenvalue weighted by Crippen LogP contribution is -2.11. The third kappa shape index (κ3) is 1.71. The van der Waals surface area contributed by atoms with Crippen molar-refractivity contribution in [1.82, 2.24) is 0 Å². The molecule has 2 heteroatoms. The number of hydrogen-bond acceptors (Lipinski definition) is 2. The third-order valence-corrected chi connectivity index (χ3v) is 3.36. The molecule has 0 saturated carbocycles. The van der Waals surface area contributed by atoms with E-state index in [4.69, 9.17) is 10.2 Å². The molecule has 90 valence electrons. The Morgan fingerprint density at radius 2 is 1.72 bits per heavy atom. The van der Waals surface area contributed by atoms with Crippen LogP contribution in [-0.2, 0) is 0 Å². The number of benzene rings is 2. The highest BCUT2D eigenvalue weighted by Gasteiger charge is 2.14. The molecule has 0 bridgehead atoms. The lowest BCUT2D eigenvalue weighted by molar-refractivity contribution is 0.490. The molecule has 0 saturated heterocycles. The maximum absolute atomic E-state index is 6.28. The molecular weight excluding hydrogens is 222 g/mol. The van der Waals surface area contributed by atoms with E-state index in [-0.39, 0.29) is 6.04 Å². The molecule has 1 unspecified atom stereocenters. The topological polar surface area (TPSA) is 39.2 Å². The van der Waals surface area contributed by atoms with Crippen molar-refractivity contribution in [2.45, 2.75) is 13.0 Å². The second kappa shape index (κ2) is 4.31. The normalized spacial score (nSPS) is 12.8. The number of nitrogens with two attached hydrogens (primary N) is 1. The van der Waals surface area contributed by atoms with E-state index in [1.807, 2.05) is 18.2 Å². The van der Waals surface area contributed by atoms with Gasteiger partial charge in [-0.1, -0.05) is 36.4 Å². The van der Waals surface area contributed by atoms with Gasteiger partial charge in [-0.25, -0.2) is 0 Å². The van der Waals surface area contributed by atoms with E-state index in [1.165, 1.54) is 16.3 Å². The van der Waals surface area contributed by atoms with Crippen molar-refractivity contribution >= 4 is 10.8 Å². The summed E-state index contributed by atoms with van der Waals surface area (Å²) in [6.07, 6.45) is 1.66. The first-order valence-corrected chi connectivity index (χ1v) is 6.04. The van der Waals surface area contributed by atoms with Gasteiger partial charge < -0.3 is 10.2 Å². The van der Waals surface area contributed by atoms with Gasteiger partial charge >= 0.3 is 0 Å². The molecule has 3 aromatic rings. The van der Waals surface area contributed by atoms with Gasteiger partial charge in [0.2, 0.25) is 0 Å². The van der Waals surface area contributed by atoms with Crippen molar-refractivity contribution < 1.29 is 4.42 Å². The minimum Gasteiger partial charge on any atom is -0.467 e. The number of rotatable bonds is 2. The monoisotopic (exact) mass is 237 g/mol. The summed E-state index contributed by atoms with van der Waals surface area (Å²) in [7, 11) is 0. The molecule has 1 atom stereocenters. The second-order valence-corrected chi connectivity index (χ2v) is 4.51. The SMILES string of the molecule is Cc1ccc(C(N)c2ccco2)c2ccccc12. The van der Waals surface area contributed by atoms with Crippen LogP contribution in [0.2, 0.25) is 0 Å². The Kier molecular flexibility index (Phi) is 2.65. The van der Waals surface area contributed by atoms with Crippen molar-refractivity contribution in [1.29, 1.82) is 0 Å². The molecule has 1 heterocycles. The minimum atomic E-state index is -0.217. The van der Waals surface area contributed by atoms with Crippen LogP contribution < -0.4 is 5.73 Å². The molecule has 0 radical (unpaired) electrons. The Labute approximate surface area is 106 Å². The zero-order chi connectivity index (χ0) is 12.5. The molecule has 0 aliphatic rings. The van der Waals surface area contributed by atoms with Gasteiger partial charge in [-0.3, -0.25) is 0 Å². The average Bonchev–Trinajstić information content (AvgIpc) is 2.93. The predicted molar refractivity (Wildman–Crippen MR) is 73.4 cm³/mol. The van der Waals surface area contributed by atoms with Gasteiger partial charge in [-0.15, -0.1) is 0 Å². The van der Waals surface area contributed by atoms with E-state index >= 15 is 0 Å². The van der Waals surface area contributed by atoms with E-state index < -0.39 is 0 Å². The van der Waals surface area contributed by atoms with Crippen molar-refractivity contribution in [3.05, 3.63) is 71.7 Å². The van der Waals surface area contributed by atoms with Crippen LogP contribution in [0, 0.1) is 6.92 Å². The third-order valence-electron chi connectivity index (χ3n) is 3.36. The van der Waals surface area contributed by atoms with Crippen LogP contribution in [-0.4, -0.2) is 0 Å². The number of furan rings is 1. The van der Waals surface area contributed by atoms with E-state index in [0.29, 0.717) is 0 Å². The lowest BCUT2D eigenvalue weighted by atomic mass is 9.95. The van der Waals surface area contributed by atoms with Crippen LogP contribution in [0.3, 0.4) is 0 Å². The van der Waals surface area contributed by atoms with Crippen LogP contribution in [0.1, 0.15) is 22.9 Å². The second-order valence-electron chi connectivity index (χ2n) is 4.51. The summed E-state index contributed by atoms with van der Waals surface area (Å²) in [5.74, 6) is 0.795. The van der Waals surface area contributed by atoms with Crippen LogP contribution in [0.25, 0.3) is 10.8 Å². The Balaban J connectivity index is 2.21. The van der Waals surface area contributed by atoms with Crippen LogP contribution in [0.15, 0.2) is 59.2 Å². The van der Waals surface area contributed by atoms with Crippen molar-refractivity contribution in [2.75, 3.05) is 0 Å². The predicted octanol–water partition coefficient (Wildman–Crippen LogP) is 3.79. The number of hydrogen-bond donors (Lipinski definition) is 1. The van der Waals surface area contributed by atoms with Gasteiger partial charge in [-0.2, -0.15) is 0 Å². The van der Waals surface area contributed by atoms with E-state index in [2.05, 4.69) is 37.3 Å². The molecule has 2 N–H and O–H groups in total. The molecule has 3 rings (SSSR count). The average molecular weight is 237 g/mol. The Morgan fingerprint density at radius 1 is 0.944 bits per heavy atom. The molecule has 0 aliphatic carbocycles. The summed E-state index contributed by atoms with van der Waals surface area (Å²) in [5.41, 5.74) is 8.65. The van der Waals surface area contributed by atoms with Gasteiger partial charge in [0.05, 0.1) is 12.3 Å². The molecule has 2 aromatic carbocycles. The Bertz CT molecular complexity index is 671. The first kappa shape index (κ1) is 11.1. The quantitative estimate of drug-likeness (QED) is 0.736. The number of fused-ring (bicyclic) bond motifs is 1. The fraction of sp³-hybridized carbons (Fsp3) is 0.125. The Morgan fingerprint density at radius 3 is 2.44 bits per heavy atom.